The molecule has 0 atom stereocenters. The van der Waals surface area contributed by atoms with Crippen molar-refractivity contribution in [3.8, 4) is 28.7 Å². The van der Waals surface area contributed by atoms with Gasteiger partial charge < -0.3 is 4.74 Å². The molecule has 0 saturated carbocycles. The fourth-order valence-corrected chi connectivity index (χ4v) is 9.35. The average Bonchev–Trinajstić information content (AvgIpc) is 3.90. The highest BCUT2D eigenvalue weighted by molar-refractivity contribution is 6.09. The number of hydrogen-bond donors (Lipinski definition) is 0. The standard InChI is InChI=1S/C62H66N4O/c1-58(2,3)44-30-31-63-57(37-44)66-54-27-21-20-26-52(54)53-29-28-50(39-55(53)66)67-51-36-47(62(12,13)43-24-18-15-19-25-43)35-49(38-51)65-41-64(40-56(65)60(7,8)9)48-33-45(59(4,5)6)32-46(34-48)61(10,11)42-22-16-14-17-23-42/h14-40H,1-13H3. The predicted molar refractivity (Wildman–Crippen MR) is 278 cm³/mol. The maximum absolute atomic E-state index is 7.08. The zero-order valence-corrected chi connectivity index (χ0v) is 41.8. The molecule has 0 bridgehead atoms. The summed E-state index contributed by atoms with van der Waals surface area (Å²) in [5, 5.41) is 2.33. The summed E-state index contributed by atoms with van der Waals surface area (Å²) >= 11 is 0. The van der Waals surface area contributed by atoms with Crippen LogP contribution in [-0.2, 0) is 27.1 Å². The first-order valence-electron chi connectivity index (χ1n) is 23.8. The number of fused-ring (bicyclic) bond motifs is 3. The van der Waals surface area contributed by atoms with Crippen LogP contribution in [0.2, 0.25) is 0 Å². The minimum absolute atomic E-state index is 0.0249. The van der Waals surface area contributed by atoms with Gasteiger partial charge in [-0.3, -0.25) is 13.7 Å². The van der Waals surface area contributed by atoms with Gasteiger partial charge in [0, 0.05) is 40.1 Å². The minimum Gasteiger partial charge on any atom is -0.458 e. The molecule has 9 aromatic rings. The zero-order valence-electron chi connectivity index (χ0n) is 41.8. The summed E-state index contributed by atoms with van der Waals surface area (Å²) in [7, 11) is 0. The van der Waals surface area contributed by atoms with Crippen LogP contribution in [-0.4, -0.2) is 14.1 Å². The Bertz CT molecular complexity index is 3250. The second kappa shape index (κ2) is 16.6. The van der Waals surface area contributed by atoms with Gasteiger partial charge in [0.25, 0.3) is 6.33 Å². The maximum Gasteiger partial charge on any atom is 0.269 e. The third-order valence-corrected chi connectivity index (χ3v) is 13.8. The molecule has 0 aliphatic heterocycles. The Morgan fingerprint density at radius 3 is 1.67 bits per heavy atom. The molecule has 3 aromatic heterocycles. The first kappa shape index (κ1) is 45.4. The Hall–Kier alpha value is -6.72. The Morgan fingerprint density at radius 1 is 0.463 bits per heavy atom. The van der Waals surface area contributed by atoms with Gasteiger partial charge in [0.2, 0.25) is 0 Å². The van der Waals surface area contributed by atoms with E-state index in [1.165, 1.54) is 33.2 Å². The van der Waals surface area contributed by atoms with Crippen molar-refractivity contribution in [2.75, 3.05) is 0 Å². The molecule has 340 valence electrons. The molecule has 0 aliphatic carbocycles. The van der Waals surface area contributed by atoms with Gasteiger partial charge in [0.1, 0.15) is 17.3 Å². The van der Waals surface area contributed by atoms with Crippen LogP contribution < -0.4 is 9.30 Å². The van der Waals surface area contributed by atoms with Crippen molar-refractivity contribution in [2.24, 2.45) is 0 Å². The number of pyridine rings is 1. The summed E-state index contributed by atoms with van der Waals surface area (Å²) in [6.07, 6.45) is 8.07. The molecule has 0 spiro atoms. The number of rotatable bonds is 9. The second-order valence-electron chi connectivity index (χ2n) is 22.6. The molecule has 67 heavy (non-hydrogen) atoms. The van der Waals surface area contributed by atoms with Gasteiger partial charge in [-0.1, -0.05) is 175 Å². The number of para-hydroxylation sites is 1. The minimum atomic E-state index is -0.348. The van der Waals surface area contributed by atoms with Crippen molar-refractivity contribution in [3.05, 3.63) is 209 Å². The van der Waals surface area contributed by atoms with Crippen LogP contribution in [0.1, 0.15) is 129 Å². The Balaban J connectivity index is 1.22. The average molecular weight is 883 g/mol. The van der Waals surface area contributed by atoms with E-state index in [4.69, 9.17) is 9.72 Å². The van der Waals surface area contributed by atoms with Gasteiger partial charge in [0.15, 0.2) is 0 Å². The molecule has 3 heterocycles. The number of hydrogen-bond acceptors (Lipinski definition) is 2. The molecule has 0 unspecified atom stereocenters. The summed E-state index contributed by atoms with van der Waals surface area (Å²) < 4.78 is 13.8. The summed E-state index contributed by atoms with van der Waals surface area (Å²) in [4.78, 5) is 4.93. The Labute approximate surface area is 398 Å². The number of nitrogens with zero attached hydrogens (tertiary/aromatic N) is 4. The molecule has 0 radical (unpaired) electrons. The van der Waals surface area contributed by atoms with Gasteiger partial charge in [0.05, 0.1) is 28.1 Å². The summed E-state index contributed by atoms with van der Waals surface area (Å²) in [5.41, 5.74) is 11.9. The SMILES string of the molecule is CC(C)(C)c1cc(-[n+]2[c-]n(-c3cc(Oc4ccc5c6ccccc6n(-c6cc(C(C)(C)C)ccn6)c5c4)cc(C(C)(C)c4ccccc4)c3)c(C(C)(C)C)c2)cc(C(C)(C)c2ccccc2)c1. The largest absolute Gasteiger partial charge is 0.458 e. The van der Waals surface area contributed by atoms with Crippen LogP contribution in [0, 0.1) is 6.33 Å². The lowest BCUT2D eigenvalue weighted by molar-refractivity contribution is -0.599. The number of benzene rings is 6. The van der Waals surface area contributed by atoms with Crippen molar-refractivity contribution in [3.63, 3.8) is 0 Å². The quantitative estimate of drug-likeness (QED) is 0.107. The maximum atomic E-state index is 7.08. The Morgan fingerprint density at radius 2 is 1.04 bits per heavy atom. The van der Waals surface area contributed by atoms with E-state index in [2.05, 4.69) is 268 Å². The highest BCUT2D eigenvalue weighted by Crippen LogP contribution is 2.41. The van der Waals surface area contributed by atoms with E-state index in [1.54, 1.807) is 0 Å². The molecule has 5 heteroatoms. The molecule has 0 aliphatic rings. The summed E-state index contributed by atoms with van der Waals surface area (Å²) in [6, 6.07) is 54.8. The smallest absolute Gasteiger partial charge is 0.269 e. The first-order chi connectivity index (χ1) is 31.6. The summed E-state index contributed by atoms with van der Waals surface area (Å²) in [5.74, 6) is 2.39. The molecular weight excluding hydrogens is 817 g/mol. The number of imidazole rings is 1. The van der Waals surface area contributed by atoms with Crippen LogP contribution in [0.4, 0.5) is 0 Å². The lowest BCUT2D eigenvalue weighted by atomic mass is 9.75. The molecular formula is C62H66N4O. The molecule has 0 N–H and O–H groups in total. The molecule has 5 nitrogen and oxygen atoms in total. The number of ether oxygens (including phenoxy) is 1. The highest BCUT2D eigenvalue weighted by atomic mass is 16.5. The van der Waals surface area contributed by atoms with Gasteiger partial charge in [-0.05, 0) is 110 Å². The molecule has 9 rings (SSSR count). The zero-order chi connectivity index (χ0) is 47.7. The van der Waals surface area contributed by atoms with Gasteiger partial charge >= 0.3 is 0 Å². The van der Waals surface area contributed by atoms with Crippen molar-refractivity contribution < 1.29 is 9.30 Å². The third-order valence-electron chi connectivity index (χ3n) is 13.8. The fraction of sp³-hybridized carbons (Fsp3) is 0.290. The van der Waals surface area contributed by atoms with Crippen molar-refractivity contribution in [1.29, 1.82) is 0 Å². The van der Waals surface area contributed by atoms with E-state index >= 15 is 0 Å². The predicted octanol–water partition coefficient (Wildman–Crippen LogP) is 15.4. The summed E-state index contributed by atoms with van der Waals surface area (Å²) in [6.45, 7) is 29.7. The van der Waals surface area contributed by atoms with Crippen LogP contribution in [0.3, 0.4) is 0 Å². The molecule has 0 amide bonds. The van der Waals surface area contributed by atoms with Crippen molar-refractivity contribution >= 4 is 21.8 Å². The fourth-order valence-electron chi connectivity index (χ4n) is 9.35. The molecule has 6 aromatic carbocycles. The van der Waals surface area contributed by atoms with E-state index in [-0.39, 0.29) is 27.1 Å². The third kappa shape index (κ3) is 8.73. The van der Waals surface area contributed by atoms with Crippen molar-refractivity contribution in [2.45, 2.75) is 117 Å². The Kier molecular flexibility index (Phi) is 11.2. The van der Waals surface area contributed by atoms with Crippen molar-refractivity contribution in [1.82, 2.24) is 14.1 Å². The van der Waals surface area contributed by atoms with E-state index in [1.807, 2.05) is 6.20 Å². The molecule has 0 fully saturated rings. The lowest BCUT2D eigenvalue weighted by Gasteiger charge is -2.30. The van der Waals surface area contributed by atoms with Gasteiger partial charge in [-0.2, -0.15) is 0 Å². The normalized spacial score (nSPS) is 12.9. The molecule has 0 saturated heterocycles. The van der Waals surface area contributed by atoms with Gasteiger partial charge in [-0.25, -0.2) is 4.98 Å². The second-order valence-corrected chi connectivity index (χ2v) is 22.6. The monoisotopic (exact) mass is 883 g/mol. The number of aromatic nitrogens is 4. The van der Waals surface area contributed by atoms with Crippen LogP contribution >= 0.6 is 0 Å². The van der Waals surface area contributed by atoms with E-state index < -0.39 is 0 Å². The van der Waals surface area contributed by atoms with E-state index in [0.29, 0.717) is 0 Å². The van der Waals surface area contributed by atoms with E-state index in [9.17, 15) is 0 Å². The van der Waals surface area contributed by atoms with Crippen LogP contribution in [0.15, 0.2) is 164 Å². The van der Waals surface area contributed by atoms with E-state index in [0.717, 1.165) is 56.4 Å². The lowest BCUT2D eigenvalue weighted by Crippen LogP contribution is -2.31. The van der Waals surface area contributed by atoms with Crippen LogP contribution in [0.5, 0.6) is 11.5 Å². The topological polar surface area (TPSA) is 35.9 Å². The van der Waals surface area contributed by atoms with Crippen LogP contribution in [0.25, 0.3) is 39.0 Å². The highest BCUT2D eigenvalue weighted by Gasteiger charge is 2.30. The van der Waals surface area contributed by atoms with Gasteiger partial charge in [-0.15, -0.1) is 0 Å². The first-order valence-corrected chi connectivity index (χ1v) is 23.8.